The fourth-order valence-corrected chi connectivity index (χ4v) is 11.9. The highest BCUT2D eigenvalue weighted by atomic mass is 16.7. The molecule has 0 saturated carbocycles. The molecule has 11 nitrogen and oxygen atoms in total. The number of rotatable bonds is 67. The molecule has 0 aromatic rings. The molecule has 7 atom stereocenters. The lowest BCUT2D eigenvalue weighted by Crippen LogP contribution is -2.60. The first-order valence-corrected chi connectivity index (χ1v) is 37.9. The summed E-state index contributed by atoms with van der Waals surface area (Å²) in [6, 6.07) is -0.825. The number of amides is 1. The van der Waals surface area contributed by atoms with Gasteiger partial charge in [-0.25, -0.2) is 0 Å². The van der Waals surface area contributed by atoms with Gasteiger partial charge in [0.15, 0.2) is 6.29 Å². The van der Waals surface area contributed by atoms with Gasteiger partial charge in [0, 0.05) is 12.8 Å². The van der Waals surface area contributed by atoms with Gasteiger partial charge >= 0.3 is 5.97 Å². The van der Waals surface area contributed by atoms with Gasteiger partial charge in [0.1, 0.15) is 24.4 Å². The van der Waals surface area contributed by atoms with Crippen molar-refractivity contribution in [3.05, 3.63) is 48.6 Å². The van der Waals surface area contributed by atoms with Crippen LogP contribution in [0.2, 0.25) is 0 Å². The topological polar surface area (TPSA) is 175 Å². The number of hydrogen-bond acceptors (Lipinski definition) is 10. The van der Waals surface area contributed by atoms with Crippen LogP contribution in [0, 0.1) is 0 Å². The number of unbranched alkanes of at least 4 members (excludes halogenated alkanes) is 47. The highest BCUT2D eigenvalue weighted by Gasteiger charge is 2.44. The number of nitrogens with one attached hydrogen (secondary N) is 1. The molecular formula is C77H143NO10. The first-order chi connectivity index (χ1) is 43.2. The predicted molar refractivity (Wildman–Crippen MR) is 370 cm³/mol. The van der Waals surface area contributed by atoms with E-state index < -0.39 is 49.5 Å². The fraction of sp³-hybridized carbons (Fsp3) is 0.870. The van der Waals surface area contributed by atoms with Crippen molar-refractivity contribution < 1.29 is 49.3 Å². The number of aliphatic hydroxyl groups excluding tert-OH is 5. The molecule has 1 fully saturated rings. The molecule has 1 heterocycles. The Bertz CT molecular complexity index is 1600. The van der Waals surface area contributed by atoms with Crippen molar-refractivity contribution in [1.29, 1.82) is 0 Å². The monoisotopic (exact) mass is 1240 g/mol. The van der Waals surface area contributed by atoms with Gasteiger partial charge in [-0.05, 0) is 96.3 Å². The SMILES string of the molecule is CCCCC/C=C/CC/C=C/C(O)C(COC1OC(CO)C(O)C(O)C1O)NC(=O)CCCCCCCCCCCCCCCCCC/C=C\CCCCCCCCCCCCCCOC(=O)CCCCCCCCCCC/C=C\CCCCCCCC. The minimum absolute atomic E-state index is 0.0102. The number of hydrogen-bond donors (Lipinski definition) is 6. The van der Waals surface area contributed by atoms with E-state index in [4.69, 9.17) is 14.2 Å². The third-order valence-corrected chi connectivity index (χ3v) is 17.9. The summed E-state index contributed by atoms with van der Waals surface area (Å²) in [5.41, 5.74) is 0. The third-order valence-electron chi connectivity index (χ3n) is 17.9. The van der Waals surface area contributed by atoms with Crippen molar-refractivity contribution in [3.8, 4) is 0 Å². The second-order valence-electron chi connectivity index (χ2n) is 26.3. The molecule has 1 amide bonds. The van der Waals surface area contributed by atoms with Crippen LogP contribution in [0.25, 0.3) is 0 Å². The Morgan fingerprint density at radius 2 is 0.739 bits per heavy atom. The van der Waals surface area contributed by atoms with Crippen molar-refractivity contribution in [2.75, 3.05) is 19.8 Å². The number of carbonyl (C=O) groups excluding carboxylic acids is 2. The summed E-state index contributed by atoms with van der Waals surface area (Å²) in [6.07, 6.45) is 77.2. The molecule has 1 aliphatic heterocycles. The average molecular weight is 1240 g/mol. The maximum atomic E-state index is 13.0. The van der Waals surface area contributed by atoms with E-state index in [1.807, 2.05) is 6.08 Å². The molecule has 1 aliphatic rings. The number of esters is 1. The van der Waals surface area contributed by atoms with E-state index in [9.17, 15) is 35.1 Å². The van der Waals surface area contributed by atoms with E-state index in [0.29, 0.717) is 19.4 Å². The van der Waals surface area contributed by atoms with Gasteiger partial charge in [0.25, 0.3) is 0 Å². The average Bonchev–Trinajstić information content (AvgIpc) is 3.58. The number of allylic oxidation sites excluding steroid dienone is 7. The summed E-state index contributed by atoms with van der Waals surface area (Å²) in [5, 5.41) is 54.3. The summed E-state index contributed by atoms with van der Waals surface area (Å²) in [4.78, 5) is 25.1. The maximum absolute atomic E-state index is 13.0. The summed E-state index contributed by atoms with van der Waals surface area (Å²) in [6.45, 7) is 4.31. The van der Waals surface area contributed by atoms with E-state index in [2.05, 4.69) is 55.6 Å². The van der Waals surface area contributed by atoms with Crippen molar-refractivity contribution in [3.63, 3.8) is 0 Å². The smallest absolute Gasteiger partial charge is 0.305 e. The zero-order chi connectivity index (χ0) is 63.7. The normalized spacial score (nSPS) is 18.0. The molecule has 0 aromatic heterocycles. The maximum Gasteiger partial charge on any atom is 0.305 e. The molecule has 1 saturated heterocycles. The molecule has 516 valence electrons. The van der Waals surface area contributed by atoms with Gasteiger partial charge in [0.05, 0.1) is 32.0 Å². The van der Waals surface area contributed by atoms with Gasteiger partial charge in [-0.1, -0.05) is 306 Å². The first-order valence-electron chi connectivity index (χ1n) is 37.9. The Balaban J connectivity index is 1.88. The molecular weight excluding hydrogens is 1100 g/mol. The number of carbonyl (C=O) groups is 2. The van der Waals surface area contributed by atoms with Crippen molar-refractivity contribution >= 4 is 11.9 Å². The van der Waals surface area contributed by atoms with E-state index in [0.717, 1.165) is 57.8 Å². The quantitative estimate of drug-likeness (QED) is 0.0195. The lowest BCUT2D eigenvalue weighted by Gasteiger charge is -2.40. The Kier molecular flexibility index (Phi) is 62.8. The fourth-order valence-electron chi connectivity index (χ4n) is 11.9. The standard InChI is InChI=1S/C77H143NO10/c1-3-5-7-9-11-13-14-15-16-17-32-36-39-42-45-49-53-57-61-65-73(82)86-66-62-58-54-50-46-43-40-37-34-31-29-27-25-23-21-19-18-20-22-24-26-28-30-33-35-38-41-44-48-52-56-60-64-72(81)78-69(70(80)63-59-55-51-47-12-10-8-6-4-2)68-87-77-76(85)75(84)74(83)71(67-79)88-77/h12,15-16,21,23,47,59,63,69-71,74-77,79-80,83-85H,3-11,13-14,17-20,22,24-46,48-58,60-62,64-68H2,1-2H3,(H,78,81)/b16-15-,23-21-,47-12+,63-59+. The van der Waals surface area contributed by atoms with E-state index in [1.165, 1.54) is 283 Å². The molecule has 1 rings (SSSR count). The predicted octanol–water partition coefficient (Wildman–Crippen LogP) is 19.9. The Morgan fingerprint density at radius 3 is 1.15 bits per heavy atom. The summed E-state index contributed by atoms with van der Waals surface area (Å²) < 4.78 is 16.7. The van der Waals surface area contributed by atoms with Gasteiger partial charge < -0.3 is 45.1 Å². The van der Waals surface area contributed by atoms with Crippen LogP contribution in [0.5, 0.6) is 0 Å². The van der Waals surface area contributed by atoms with Crippen molar-refractivity contribution in [2.45, 2.75) is 410 Å². The third kappa shape index (κ3) is 54.2. The molecule has 0 aromatic carbocycles. The molecule has 0 radical (unpaired) electrons. The van der Waals surface area contributed by atoms with Crippen LogP contribution < -0.4 is 5.32 Å². The summed E-state index contributed by atoms with van der Waals surface area (Å²) in [5.74, 6) is -0.181. The minimum atomic E-state index is -1.57. The summed E-state index contributed by atoms with van der Waals surface area (Å²) in [7, 11) is 0. The largest absolute Gasteiger partial charge is 0.466 e. The zero-order valence-electron chi connectivity index (χ0n) is 57.4. The van der Waals surface area contributed by atoms with Crippen LogP contribution in [-0.4, -0.2) is 100 Å². The van der Waals surface area contributed by atoms with Gasteiger partial charge in [-0.15, -0.1) is 0 Å². The Morgan fingerprint density at radius 1 is 0.409 bits per heavy atom. The van der Waals surface area contributed by atoms with Crippen LogP contribution >= 0.6 is 0 Å². The minimum Gasteiger partial charge on any atom is -0.466 e. The number of aliphatic hydroxyl groups is 5. The number of ether oxygens (including phenoxy) is 3. The second-order valence-corrected chi connectivity index (χ2v) is 26.3. The van der Waals surface area contributed by atoms with E-state index in [-0.39, 0.29) is 18.5 Å². The highest BCUT2D eigenvalue weighted by molar-refractivity contribution is 5.76. The Hall–Kier alpha value is -2.38. The van der Waals surface area contributed by atoms with Crippen LogP contribution in [0.3, 0.4) is 0 Å². The van der Waals surface area contributed by atoms with Crippen LogP contribution in [0.1, 0.15) is 367 Å². The van der Waals surface area contributed by atoms with E-state index >= 15 is 0 Å². The van der Waals surface area contributed by atoms with Crippen LogP contribution in [-0.2, 0) is 23.8 Å². The van der Waals surface area contributed by atoms with Crippen molar-refractivity contribution in [2.24, 2.45) is 0 Å². The van der Waals surface area contributed by atoms with Crippen LogP contribution in [0.15, 0.2) is 48.6 Å². The highest BCUT2D eigenvalue weighted by Crippen LogP contribution is 2.23. The van der Waals surface area contributed by atoms with Gasteiger partial charge in [-0.3, -0.25) is 9.59 Å². The van der Waals surface area contributed by atoms with Gasteiger partial charge in [0.2, 0.25) is 5.91 Å². The van der Waals surface area contributed by atoms with E-state index in [1.54, 1.807) is 6.08 Å². The summed E-state index contributed by atoms with van der Waals surface area (Å²) >= 11 is 0. The zero-order valence-corrected chi connectivity index (χ0v) is 57.4. The second kappa shape index (κ2) is 66.1. The Labute approximate surface area is 542 Å². The van der Waals surface area contributed by atoms with Gasteiger partial charge in [-0.2, -0.15) is 0 Å². The molecule has 0 aliphatic carbocycles. The van der Waals surface area contributed by atoms with Crippen molar-refractivity contribution in [1.82, 2.24) is 5.32 Å². The lowest BCUT2D eigenvalue weighted by molar-refractivity contribution is -0.302. The molecule has 11 heteroatoms. The molecule has 88 heavy (non-hydrogen) atoms. The lowest BCUT2D eigenvalue weighted by atomic mass is 9.99. The molecule has 6 N–H and O–H groups in total. The molecule has 0 spiro atoms. The molecule has 7 unspecified atom stereocenters. The first kappa shape index (κ1) is 83.6. The molecule has 0 bridgehead atoms. The van der Waals surface area contributed by atoms with Crippen LogP contribution in [0.4, 0.5) is 0 Å².